The number of halogens is 1. The highest BCUT2D eigenvalue weighted by Crippen LogP contribution is 2.23. The standard InChI is InChI=1S/C17H21ClN2O2S/c1-22-16(21)13-7-8-14(18)15(11-13)20-17(23)19-10-9-12-5-3-2-4-6-12/h5,7-8,11H,2-4,6,9-10H2,1H3,(H2,19,20,23). The van der Waals surface area contributed by atoms with E-state index in [0.29, 0.717) is 21.4 Å². The van der Waals surface area contributed by atoms with Gasteiger partial charge in [-0.05, 0) is 62.5 Å². The number of carbonyl (C=O) groups is 1. The molecule has 0 unspecified atom stereocenters. The number of thiocarbonyl (C=S) groups is 1. The van der Waals surface area contributed by atoms with Crippen LogP contribution >= 0.6 is 23.8 Å². The summed E-state index contributed by atoms with van der Waals surface area (Å²) in [6.07, 6.45) is 8.29. The first-order chi connectivity index (χ1) is 11.1. The number of hydrogen-bond donors (Lipinski definition) is 2. The van der Waals surface area contributed by atoms with Crippen molar-refractivity contribution in [1.82, 2.24) is 5.32 Å². The summed E-state index contributed by atoms with van der Waals surface area (Å²) < 4.78 is 4.70. The van der Waals surface area contributed by atoms with Crippen LogP contribution < -0.4 is 10.6 Å². The van der Waals surface area contributed by atoms with Gasteiger partial charge in [0.25, 0.3) is 0 Å². The second-order valence-corrected chi connectivity index (χ2v) is 6.24. The number of benzene rings is 1. The SMILES string of the molecule is COC(=O)c1ccc(Cl)c(NC(=S)NCCC2=CCCCC2)c1. The molecule has 6 heteroatoms. The minimum atomic E-state index is -0.409. The largest absolute Gasteiger partial charge is 0.465 e. The molecule has 0 bridgehead atoms. The Hall–Kier alpha value is -1.59. The van der Waals surface area contributed by atoms with Gasteiger partial charge in [-0.1, -0.05) is 23.3 Å². The van der Waals surface area contributed by atoms with Gasteiger partial charge < -0.3 is 15.4 Å². The molecule has 0 amide bonds. The monoisotopic (exact) mass is 352 g/mol. The summed E-state index contributed by atoms with van der Waals surface area (Å²) in [4.78, 5) is 11.6. The molecule has 23 heavy (non-hydrogen) atoms. The smallest absolute Gasteiger partial charge is 0.337 e. The van der Waals surface area contributed by atoms with Gasteiger partial charge in [0.05, 0.1) is 23.4 Å². The van der Waals surface area contributed by atoms with Crippen LogP contribution in [-0.4, -0.2) is 24.7 Å². The number of rotatable bonds is 5. The van der Waals surface area contributed by atoms with E-state index in [1.54, 1.807) is 18.2 Å². The Morgan fingerprint density at radius 1 is 1.39 bits per heavy atom. The first kappa shape index (κ1) is 17.8. The second-order valence-electron chi connectivity index (χ2n) is 5.43. The fraction of sp³-hybridized carbons (Fsp3) is 0.412. The van der Waals surface area contributed by atoms with Crippen molar-refractivity contribution in [2.75, 3.05) is 19.0 Å². The third-order valence-electron chi connectivity index (χ3n) is 3.75. The van der Waals surface area contributed by atoms with Crippen LogP contribution in [0.2, 0.25) is 5.02 Å². The van der Waals surface area contributed by atoms with Crippen LogP contribution in [0, 0.1) is 0 Å². The number of esters is 1. The molecule has 2 N–H and O–H groups in total. The summed E-state index contributed by atoms with van der Waals surface area (Å²) >= 11 is 11.4. The average Bonchev–Trinajstić information content (AvgIpc) is 2.57. The van der Waals surface area contributed by atoms with Crippen LogP contribution in [0.15, 0.2) is 29.8 Å². The number of allylic oxidation sites excluding steroid dienone is 1. The average molecular weight is 353 g/mol. The Kier molecular flexibility index (Phi) is 6.86. The zero-order valence-electron chi connectivity index (χ0n) is 13.2. The lowest BCUT2D eigenvalue weighted by molar-refractivity contribution is 0.0601. The van der Waals surface area contributed by atoms with Crippen molar-refractivity contribution in [3.63, 3.8) is 0 Å². The highest BCUT2D eigenvalue weighted by Gasteiger charge is 2.10. The highest BCUT2D eigenvalue weighted by molar-refractivity contribution is 7.80. The Labute approximate surface area is 147 Å². The summed E-state index contributed by atoms with van der Waals surface area (Å²) in [6.45, 7) is 0.784. The maximum absolute atomic E-state index is 11.6. The van der Waals surface area contributed by atoms with Crippen LogP contribution in [0.5, 0.6) is 0 Å². The molecule has 2 rings (SSSR count). The fourth-order valence-corrected chi connectivity index (χ4v) is 2.88. The van der Waals surface area contributed by atoms with Crippen molar-refractivity contribution in [3.05, 3.63) is 40.4 Å². The molecule has 0 heterocycles. The molecule has 0 saturated heterocycles. The van der Waals surface area contributed by atoms with Gasteiger partial charge in [-0.25, -0.2) is 4.79 Å². The molecular formula is C17H21ClN2O2S. The van der Waals surface area contributed by atoms with Gasteiger partial charge in [-0.2, -0.15) is 0 Å². The van der Waals surface area contributed by atoms with E-state index in [1.807, 2.05) is 0 Å². The van der Waals surface area contributed by atoms with Crippen LogP contribution in [0.3, 0.4) is 0 Å². The van der Waals surface area contributed by atoms with Gasteiger partial charge in [0.1, 0.15) is 0 Å². The van der Waals surface area contributed by atoms with Crippen molar-refractivity contribution < 1.29 is 9.53 Å². The van der Waals surface area contributed by atoms with E-state index in [0.717, 1.165) is 13.0 Å². The first-order valence-electron chi connectivity index (χ1n) is 7.71. The lowest BCUT2D eigenvalue weighted by Gasteiger charge is -2.15. The van der Waals surface area contributed by atoms with Gasteiger partial charge in [-0.3, -0.25) is 0 Å². The molecule has 1 aromatic carbocycles. The number of carbonyl (C=O) groups excluding carboxylic acids is 1. The van der Waals surface area contributed by atoms with Gasteiger partial charge in [0, 0.05) is 6.54 Å². The van der Waals surface area contributed by atoms with Gasteiger partial charge in [0.15, 0.2) is 5.11 Å². The number of ether oxygens (including phenoxy) is 1. The third-order valence-corrected chi connectivity index (χ3v) is 4.33. The van der Waals surface area contributed by atoms with E-state index in [1.165, 1.54) is 38.4 Å². The van der Waals surface area contributed by atoms with E-state index in [9.17, 15) is 4.79 Å². The lowest BCUT2D eigenvalue weighted by Crippen LogP contribution is -2.29. The Bertz CT molecular complexity index is 617. The molecule has 4 nitrogen and oxygen atoms in total. The summed E-state index contributed by atoms with van der Waals surface area (Å²) in [7, 11) is 1.34. The van der Waals surface area contributed by atoms with Crippen LogP contribution in [0.4, 0.5) is 5.69 Å². The van der Waals surface area contributed by atoms with Crippen LogP contribution in [0.1, 0.15) is 42.5 Å². The van der Waals surface area contributed by atoms with E-state index in [4.69, 9.17) is 28.6 Å². The minimum absolute atomic E-state index is 0.409. The normalized spacial score (nSPS) is 13.9. The molecular weight excluding hydrogens is 332 g/mol. The molecule has 1 aromatic rings. The minimum Gasteiger partial charge on any atom is -0.465 e. The molecule has 0 saturated carbocycles. The molecule has 0 aliphatic heterocycles. The molecule has 1 aliphatic rings. The maximum Gasteiger partial charge on any atom is 0.337 e. The van der Waals surface area contributed by atoms with Crippen molar-refractivity contribution >= 4 is 40.6 Å². The second kappa shape index (κ2) is 8.89. The van der Waals surface area contributed by atoms with Crippen molar-refractivity contribution in [2.24, 2.45) is 0 Å². The molecule has 0 aromatic heterocycles. The maximum atomic E-state index is 11.6. The molecule has 124 valence electrons. The fourth-order valence-electron chi connectivity index (χ4n) is 2.50. The van der Waals surface area contributed by atoms with Crippen molar-refractivity contribution in [2.45, 2.75) is 32.1 Å². The number of hydrogen-bond acceptors (Lipinski definition) is 3. The predicted molar refractivity (Wildman–Crippen MR) is 98.2 cm³/mol. The first-order valence-corrected chi connectivity index (χ1v) is 8.49. The van der Waals surface area contributed by atoms with Gasteiger partial charge in [0.2, 0.25) is 0 Å². The summed E-state index contributed by atoms with van der Waals surface area (Å²) in [5.41, 5.74) is 2.51. The molecule has 0 spiro atoms. The van der Waals surface area contributed by atoms with Gasteiger partial charge in [-0.15, -0.1) is 0 Å². The zero-order chi connectivity index (χ0) is 16.7. The van der Waals surface area contributed by atoms with Crippen molar-refractivity contribution in [1.29, 1.82) is 0 Å². The van der Waals surface area contributed by atoms with Crippen molar-refractivity contribution in [3.8, 4) is 0 Å². The van der Waals surface area contributed by atoms with E-state index in [-0.39, 0.29) is 0 Å². The van der Waals surface area contributed by atoms with E-state index in [2.05, 4.69) is 16.7 Å². The predicted octanol–water partition coefficient (Wildman–Crippen LogP) is 4.30. The Morgan fingerprint density at radius 2 is 2.22 bits per heavy atom. The topological polar surface area (TPSA) is 50.4 Å². The Balaban J connectivity index is 1.87. The van der Waals surface area contributed by atoms with E-state index < -0.39 is 5.97 Å². The Morgan fingerprint density at radius 3 is 2.91 bits per heavy atom. The molecule has 0 radical (unpaired) electrons. The summed E-state index contributed by atoms with van der Waals surface area (Å²) in [6, 6.07) is 4.89. The van der Waals surface area contributed by atoms with Crippen LogP contribution in [0.25, 0.3) is 0 Å². The van der Waals surface area contributed by atoms with E-state index >= 15 is 0 Å². The third kappa shape index (κ3) is 5.52. The lowest BCUT2D eigenvalue weighted by atomic mass is 9.97. The number of anilines is 1. The number of nitrogens with one attached hydrogen (secondary N) is 2. The molecule has 0 atom stereocenters. The zero-order valence-corrected chi connectivity index (χ0v) is 14.7. The molecule has 0 fully saturated rings. The highest BCUT2D eigenvalue weighted by atomic mass is 35.5. The summed E-state index contributed by atoms with van der Waals surface area (Å²) in [5.74, 6) is -0.409. The van der Waals surface area contributed by atoms with Gasteiger partial charge >= 0.3 is 5.97 Å². The summed E-state index contributed by atoms with van der Waals surface area (Å²) in [5, 5.41) is 7.19. The number of methoxy groups -OCH3 is 1. The van der Waals surface area contributed by atoms with Crippen LogP contribution in [-0.2, 0) is 4.74 Å². The quantitative estimate of drug-likeness (QED) is 0.470. The molecule has 1 aliphatic carbocycles.